The Hall–Kier alpha value is -1.66. The first-order valence-electron chi connectivity index (χ1n) is 4.54. The Bertz CT molecular complexity index is 396. The quantitative estimate of drug-likeness (QED) is 0.574. The van der Waals surface area contributed by atoms with Gasteiger partial charge in [-0.2, -0.15) is 0 Å². The predicted molar refractivity (Wildman–Crippen MR) is 52.8 cm³/mol. The van der Waals surface area contributed by atoms with Crippen LogP contribution in [0.4, 0.5) is 4.39 Å². The highest BCUT2D eigenvalue weighted by molar-refractivity contribution is 5.74. The highest BCUT2D eigenvalue weighted by Gasteiger charge is 2.21. The van der Waals surface area contributed by atoms with Gasteiger partial charge >= 0.3 is 0 Å². The molecule has 0 saturated carbocycles. The van der Waals surface area contributed by atoms with Crippen molar-refractivity contribution in [3.05, 3.63) is 29.6 Å². The van der Waals surface area contributed by atoms with Gasteiger partial charge in [0.1, 0.15) is 6.10 Å². The third-order valence-electron chi connectivity index (χ3n) is 2.09. The number of nitrogens with two attached hydrogens (primary N) is 1. The molecule has 0 heterocycles. The summed E-state index contributed by atoms with van der Waals surface area (Å²) >= 11 is 0. The molecule has 1 rings (SSSR count). The molecule has 1 aromatic rings. The molecule has 6 heteroatoms. The molecule has 5 nitrogen and oxygen atoms in total. The minimum absolute atomic E-state index is 0.104. The van der Waals surface area contributed by atoms with Crippen LogP contribution in [-0.2, 0) is 4.79 Å². The van der Waals surface area contributed by atoms with Gasteiger partial charge in [-0.05, 0) is 17.7 Å². The number of aliphatic hydroxyl groups excluding tert-OH is 2. The zero-order chi connectivity index (χ0) is 12.3. The molecule has 5 N–H and O–H groups in total. The minimum Gasteiger partial charge on any atom is -0.505 e. The molecule has 16 heavy (non-hydrogen) atoms. The van der Waals surface area contributed by atoms with Crippen LogP contribution < -0.4 is 5.73 Å². The second kappa shape index (κ2) is 4.91. The number of halogens is 1. The van der Waals surface area contributed by atoms with E-state index in [1.807, 2.05) is 0 Å². The molecule has 0 aliphatic carbocycles. The number of amides is 1. The first-order valence-corrected chi connectivity index (χ1v) is 4.54. The maximum absolute atomic E-state index is 12.7. The van der Waals surface area contributed by atoms with Crippen molar-refractivity contribution in [1.29, 1.82) is 0 Å². The third kappa shape index (κ3) is 2.91. The Kier molecular flexibility index (Phi) is 3.81. The van der Waals surface area contributed by atoms with E-state index in [-0.39, 0.29) is 5.56 Å². The Labute approximate surface area is 90.9 Å². The molecule has 0 aliphatic rings. The lowest BCUT2D eigenvalue weighted by atomic mass is 10.0. The standard InChI is InChI=1S/C10H12FNO4/c11-6-2-1-5(3-7(6)13)10(16)8(14)4-9(12)15/h1-3,8,10,13-14,16H,4H2,(H2,12,15). The number of rotatable bonds is 4. The summed E-state index contributed by atoms with van der Waals surface area (Å²) in [7, 11) is 0. The minimum atomic E-state index is -1.40. The van der Waals surface area contributed by atoms with Crippen LogP contribution in [0.1, 0.15) is 18.1 Å². The number of aromatic hydroxyl groups is 1. The molecule has 0 radical (unpaired) electrons. The highest BCUT2D eigenvalue weighted by atomic mass is 19.1. The van der Waals surface area contributed by atoms with Crippen LogP contribution >= 0.6 is 0 Å². The number of hydrogen-bond donors (Lipinski definition) is 4. The lowest BCUT2D eigenvalue weighted by Gasteiger charge is -2.16. The summed E-state index contributed by atoms with van der Waals surface area (Å²) in [5, 5.41) is 28.0. The van der Waals surface area contributed by atoms with Gasteiger partial charge in [0.25, 0.3) is 0 Å². The lowest BCUT2D eigenvalue weighted by molar-refractivity contribution is -0.121. The van der Waals surface area contributed by atoms with E-state index in [1.54, 1.807) is 0 Å². The third-order valence-corrected chi connectivity index (χ3v) is 2.09. The number of phenolic OH excluding ortho intramolecular Hbond substituents is 1. The predicted octanol–water partition coefficient (Wildman–Crippen LogP) is -0.199. The van der Waals surface area contributed by atoms with Crippen molar-refractivity contribution in [3.63, 3.8) is 0 Å². The fourth-order valence-corrected chi connectivity index (χ4v) is 1.25. The molecule has 0 spiro atoms. The zero-order valence-corrected chi connectivity index (χ0v) is 8.30. The fourth-order valence-electron chi connectivity index (χ4n) is 1.25. The molecule has 0 aromatic heterocycles. The van der Waals surface area contributed by atoms with Gasteiger partial charge in [0.05, 0.1) is 12.5 Å². The fraction of sp³-hybridized carbons (Fsp3) is 0.300. The normalized spacial score (nSPS) is 14.4. The monoisotopic (exact) mass is 229 g/mol. The molecule has 0 fully saturated rings. The SMILES string of the molecule is NC(=O)CC(O)C(O)c1ccc(F)c(O)c1. The number of hydrogen-bond acceptors (Lipinski definition) is 4. The van der Waals surface area contributed by atoms with E-state index >= 15 is 0 Å². The maximum atomic E-state index is 12.7. The van der Waals surface area contributed by atoms with Crippen molar-refractivity contribution in [2.24, 2.45) is 5.73 Å². The summed E-state index contributed by atoms with van der Waals surface area (Å²) in [6.45, 7) is 0. The van der Waals surface area contributed by atoms with Crippen LogP contribution in [-0.4, -0.2) is 27.3 Å². The Morgan fingerprint density at radius 1 is 1.44 bits per heavy atom. The van der Waals surface area contributed by atoms with Crippen LogP contribution in [0, 0.1) is 5.82 Å². The summed E-state index contributed by atoms with van der Waals surface area (Å²) < 4.78 is 12.7. The Morgan fingerprint density at radius 3 is 2.56 bits per heavy atom. The smallest absolute Gasteiger partial charge is 0.220 e. The van der Waals surface area contributed by atoms with Crippen LogP contribution in [0.3, 0.4) is 0 Å². The van der Waals surface area contributed by atoms with E-state index in [0.717, 1.165) is 12.1 Å². The highest BCUT2D eigenvalue weighted by Crippen LogP contribution is 2.24. The zero-order valence-electron chi connectivity index (χ0n) is 8.30. The van der Waals surface area contributed by atoms with Crippen molar-refractivity contribution in [1.82, 2.24) is 0 Å². The molecular formula is C10H12FNO4. The molecule has 1 aromatic carbocycles. The van der Waals surface area contributed by atoms with E-state index in [9.17, 15) is 19.4 Å². The topological polar surface area (TPSA) is 104 Å². The molecule has 0 bridgehead atoms. The van der Waals surface area contributed by atoms with Gasteiger partial charge in [-0.1, -0.05) is 6.07 Å². The summed E-state index contributed by atoms with van der Waals surface area (Å²) in [6.07, 6.45) is -3.21. The van der Waals surface area contributed by atoms with Gasteiger partial charge in [0, 0.05) is 0 Å². The number of aliphatic hydroxyl groups is 2. The van der Waals surface area contributed by atoms with Crippen molar-refractivity contribution >= 4 is 5.91 Å². The van der Waals surface area contributed by atoms with E-state index in [1.165, 1.54) is 6.07 Å². The molecule has 0 saturated heterocycles. The summed E-state index contributed by atoms with van der Waals surface area (Å²) in [6, 6.07) is 3.12. The van der Waals surface area contributed by atoms with Gasteiger partial charge in [-0.15, -0.1) is 0 Å². The van der Waals surface area contributed by atoms with E-state index in [4.69, 9.17) is 10.8 Å². The molecule has 88 valence electrons. The van der Waals surface area contributed by atoms with E-state index < -0.39 is 36.1 Å². The first kappa shape index (κ1) is 12.4. The number of phenols is 1. The summed E-state index contributed by atoms with van der Waals surface area (Å²) in [5.74, 6) is -2.24. The molecule has 0 aliphatic heterocycles. The maximum Gasteiger partial charge on any atom is 0.220 e. The van der Waals surface area contributed by atoms with Crippen LogP contribution in [0.5, 0.6) is 5.75 Å². The number of benzene rings is 1. The first-order chi connectivity index (χ1) is 7.41. The number of carbonyl (C=O) groups is 1. The molecule has 2 unspecified atom stereocenters. The summed E-state index contributed by atoms with van der Waals surface area (Å²) in [5.41, 5.74) is 4.95. The van der Waals surface area contributed by atoms with E-state index in [2.05, 4.69) is 0 Å². The largest absolute Gasteiger partial charge is 0.505 e. The van der Waals surface area contributed by atoms with E-state index in [0.29, 0.717) is 0 Å². The summed E-state index contributed by atoms with van der Waals surface area (Å²) in [4.78, 5) is 10.5. The number of primary amides is 1. The van der Waals surface area contributed by atoms with Crippen molar-refractivity contribution in [2.45, 2.75) is 18.6 Å². The van der Waals surface area contributed by atoms with Gasteiger partial charge in [0.15, 0.2) is 11.6 Å². The van der Waals surface area contributed by atoms with Crippen LogP contribution in [0.2, 0.25) is 0 Å². The Balaban J connectivity index is 2.83. The van der Waals surface area contributed by atoms with Crippen LogP contribution in [0.25, 0.3) is 0 Å². The van der Waals surface area contributed by atoms with Gasteiger partial charge in [0.2, 0.25) is 5.91 Å². The molecular weight excluding hydrogens is 217 g/mol. The molecule has 1 amide bonds. The average molecular weight is 229 g/mol. The van der Waals surface area contributed by atoms with Gasteiger partial charge in [-0.25, -0.2) is 4.39 Å². The Morgan fingerprint density at radius 2 is 2.06 bits per heavy atom. The van der Waals surface area contributed by atoms with Crippen LogP contribution in [0.15, 0.2) is 18.2 Å². The average Bonchev–Trinajstić information content (AvgIpc) is 2.20. The second-order valence-corrected chi connectivity index (χ2v) is 3.39. The molecule has 2 atom stereocenters. The van der Waals surface area contributed by atoms with Crippen molar-refractivity contribution in [3.8, 4) is 5.75 Å². The lowest BCUT2D eigenvalue weighted by Crippen LogP contribution is -2.25. The second-order valence-electron chi connectivity index (χ2n) is 3.39. The number of carbonyl (C=O) groups excluding carboxylic acids is 1. The van der Waals surface area contributed by atoms with Crippen molar-refractivity contribution < 1.29 is 24.5 Å². The van der Waals surface area contributed by atoms with Gasteiger partial charge < -0.3 is 21.1 Å². The van der Waals surface area contributed by atoms with Gasteiger partial charge in [-0.3, -0.25) is 4.79 Å². The van der Waals surface area contributed by atoms with Crippen molar-refractivity contribution in [2.75, 3.05) is 0 Å².